The van der Waals surface area contributed by atoms with Crippen LogP contribution < -0.4 is 0 Å². The van der Waals surface area contributed by atoms with Crippen molar-refractivity contribution in [1.82, 2.24) is 13.9 Å². The predicted molar refractivity (Wildman–Crippen MR) is 124 cm³/mol. The highest BCUT2D eigenvalue weighted by Crippen LogP contribution is 2.25. The first-order valence-electron chi connectivity index (χ1n) is 10.4. The lowest BCUT2D eigenvalue weighted by atomic mass is 10.2. The van der Waals surface area contributed by atoms with E-state index in [9.17, 15) is 17.6 Å². The van der Waals surface area contributed by atoms with Gasteiger partial charge in [0.2, 0.25) is 10.0 Å². The average Bonchev–Trinajstić information content (AvgIpc) is 3.12. The van der Waals surface area contributed by atoms with Crippen LogP contribution in [0, 0.1) is 19.7 Å². The number of hydrogen-bond acceptors (Lipinski definition) is 6. The lowest BCUT2D eigenvalue weighted by molar-refractivity contribution is 0.0730. The molecule has 0 unspecified atom stereocenters. The Kier molecular flexibility index (Phi) is 6.99. The summed E-state index contributed by atoms with van der Waals surface area (Å²) in [5.41, 5.74) is 2.80. The molecule has 0 radical (unpaired) electrons. The number of carbonyl (C=O) groups excluding carboxylic acids is 1. The Balaban J connectivity index is 1.45. The number of aryl methyl sites for hydroxylation is 1. The van der Waals surface area contributed by atoms with E-state index in [-0.39, 0.29) is 22.2 Å². The molecule has 1 aliphatic heterocycles. The van der Waals surface area contributed by atoms with Crippen LogP contribution in [0.15, 0.2) is 58.6 Å². The summed E-state index contributed by atoms with van der Waals surface area (Å²) in [7, 11) is -3.60. The van der Waals surface area contributed by atoms with Crippen LogP contribution in [0.1, 0.15) is 21.7 Å². The van der Waals surface area contributed by atoms with Crippen LogP contribution in [-0.2, 0) is 14.8 Å². The number of sulfonamides is 1. The normalized spacial score (nSPS) is 15.0. The highest BCUT2D eigenvalue weighted by atomic mass is 32.2. The maximum absolute atomic E-state index is 13.7. The fourth-order valence-corrected chi connectivity index (χ4v) is 5.90. The topological polar surface area (TPSA) is 81.5 Å². The van der Waals surface area contributed by atoms with Crippen molar-refractivity contribution in [2.24, 2.45) is 0 Å². The monoisotopic (exact) mass is 489 g/mol. The smallest absolute Gasteiger partial charge is 0.244 e. The van der Waals surface area contributed by atoms with Crippen LogP contribution in [0.4, 0.5) is 4.39 Å². The highest BCUT2D eigenvalue weighted by Gasteiger charge is 2.26. The van der Waals surface area contributed by atoms with E-state index in [0.29, 0.717) is 42.6 Å². The summed E-state index contributed by atoms with van der Waals surface area (Å²) in [4.78, 5) is 17.2. The Morgan fingerprint density at radius 2 is 1.91 bits per heavy atom. The molecule has 2 aromatic heterocycles. The Morgan fingerprint density at radius 1 is 1.15 bits per heavy atom. The molecule has 0 saturated carbocycles. The van der Waals surface area contributed by atoms with Gasteiger partial charge >= 0.3 is 0 Å². The fraction of sp³-hybridized carbons (Fsp3) is 0.304. The van der Waals surface area contributed by atoms with Gasteiger partial charge in [-0.1, -0.05) is 17.8 Å². The molecule has 10 heteroatoms. The average molecular weight is 490 g/mol. The number of ketones is 1. The zero-order chi connectivity index (χ0) is 23.6. The van der Waals surface area contributed by atoms with Gasteiger partial charge in [-0.25, -0.2) is 17.8 Å². The SMILES string of the molecule is Cc1cc(C(=O)CSc2ccc(S(=O)(=O)N3CCOCC3)cn2)c(C)n1-c1cccc(F)c1. The van der Waals surface area contributed by atoms with E-state index in [4.69, 9.17) is 4.74 Å². The molecule has 7 nitrogen and oxygen atoms in total. The minimum absolute atomic E-state index is 0.0810. The number of hydrogen-bond donors (Lipinski definition) is 0. The van der Waals surface area contributed by atoms with Gasteiger partial charge in [-0.3, -0.25) is 4.79 Å². The number of carbonyl (C=O) groups is 1. The van der Waals surface area contributed by atoms with Crippen LogP contribution in [0.25, 0.3) is 5.69 Å². The standard InChI is InChI=1S/C23H24FN3O4S2/c1-16-12-21(17(2)27(16)19-5-3-4-18(24)13-19)22(28)15-32-23-7-6-20(14-25-23)33(29,30)26-8-10-31-11-9-26/h3-7,12-14H,8-11,15H2,1-2H3. The quantitative estimate of drug-likeness (QED) is 0.373. The summed E-state index contributed by atoms with van der Waals surface area (Å²) >= 11 is 1.24. The molecule has 0 N–H and O–H groups in total. The van der Waals surface area contributed by atoms with Crippen LogP contribution in [0.2, 0.25) is 0 Å². The van der Waals surface area contributed by atoms with Crippen molar-refractivity contribution in [2.45, 2.75) is 23.8 Å². The number of aromatic nitrogens is 2. The molecular weight excluding hydrogens is 465 g/mol. The third kappa shape index (κ3) is 5.03. The third-order valence-corrected chi connectivity index (χ3v) is 8.29. The number of pyridine rings is 1. The van der Waals surface area contributed by atoms with E-state index in [1.807, 2.05) is 18.4 Å². The van der Waals surface area contributed by atoms with E-state index in [1.54, 1.807) is 24.3 Å². The Labute approximate surface area is 196 Å². The summed E-state index contributed by atoms with van der Waals surface area (Å²) in [6, 6.07) is 11.2. The van der Waals surface area contributed by atoms with Gasteiger partial charge in [0.15, 0.2) is 5.78 Å². The first kappa shape index (κ1) is 23.6. The second-order valence-corrected chi connectivity index (χ2v) is 10.6. The maximum atomic E-state index is 13.7. The van der Waals surface area contributed by atoms with E-state index in [0.717, 1.165) is 11.4 Å². The molecular formula is C23H24FN3O4S2. The van der Waals surface area contributed by atoms with Gasteiger partial charge in [-0.2, -0.15) is 4.31 Å². The van der Waals surface area contributed by atoms with E-state index < -0.39 is 10.0 Å². The molecule has 1 aromatic carbocycles. The fourth-order valence-electron chi connectivity index (χ4n) is 3.82. The largest absolute Gasteiger partial charge is 0.379 e. The van der Waals surface area contributed by atoms with Gasteiger partial charge in [0.25, 0.3) is 0 Å². The zero-order valence-corrected chi connectivity index (χ0v) is 20.0. The molecule has 3 aromatic rings. The maximum Gasteiger partial charge on any atom is 0.244 e. The second-order valence-electron chi connectivity index (χ2n) is 7.66. The highest BCUT2D eigenvalue weighted by molar-refractivity contribution is 7.99. The van der Waals surface area contributed by atoms with Gasteiger partial charge in [0, 0.05) is 41.9 Å². The van der Waals surface area contributed by atoms with Crippen molar-refractivity contribution in [3.05, 3.63) is 71.4 Å². The number of thioether (sulfide) groups is 1. The predicted octanol–water partition coefficient (Wildman–Crippen LogP) is 3.62. The van der Waals surface area contributed by atoms with Crippen molar-refractivity contribution in [3.63, 3.8) is 0 Å². The molecule has 33 heavy (non-hydrogen) atoms. The lowest BCUT2D eigenvalue weighted by Gasteiger charge is -2.25. The molecule has 0 aliphatic carbocycles. The first-order chi connectivity index (χ1) is 15.8. The van der Waals surface area contributed by atoms with Crippen LogP contribution in [0.3, 0.4) is 0 Å². The molecule has 3 heterocycles. The van der Waals surface area contributed by atoms with Gasteiger partial charge in [0.1, 0.15) is 10.7 Å². The number of ether oxygens (including phenoxy) is 1. The van der Waals surface area contributed by atoms with Gasteiger partial charge < -0.3 is 9.30 Å². The third-order valence-electron chi connectivity index (χ3n) is 5.47. The molecule has 0 atom stereocenters. The van der Waals surface area contributed by atoms with Crippen molar-refractivity contribution in [1.29, 1.82) is 0 Å². The summed E-state index contributed by atoms with van der Waals surface area (Å²) in [6.07, 6.45) is 1.33. The molecule has 0 spiro atoms. The van der Waals surface area contributed by atoms with Crippen LogP contribution in [-0.4, -0.2) is 60.1 Å². The van der Waals surface area contributed by atoms with Crippen molar-refractivity contribution >= 4 is 27.6 Å². The van der Waals surface area contributed by atoms with Crippen LogP contribution in [0.5, 0.6) is 0 Å². The summed E-state index contributed by atoms with van der Waals surface area (Å²) < 4.78 is 47.5. The number of rotatable bonds is 7. The van der Waals surface area contributed by atoms with Gasteiger partial charge in [-0.05, 0) is 50.2 Å². The number of nitrogens with zero attached hydrogens (tertiary/aromatic N) is 3. The van der Waals surface area contributed by atoms with Crippen molar-refractivity contribution < 1.29 is 22.3 Å². The van der Waals surface area contributed by atoms with Gasteiger partial charge in [-0.15, -0.1) is 0 Å². The number of morpholine rings is 1. The zero-order valence-electron chi connectivity index (χ0n) is 18.3. The number of benzene rings is 1. The first-order valence-corrected chi connectivity index (χ1v) is 12.8. The van der Waals surface area contributed by atoms with Crippen molar-refractivity contribution in [3.8, 4) is 5.69 Å². The minimum Gasteiger partial charge on any atom is -0.379 e. The molecule has 0 amide bonds. The van der Waals surface area contributed by atoms with E-state index in [2.05, 4.69) is 4.98 Å². The summed E-state index contributed by atoms with van der Waals surface area (Å²) in [5, 5.41) is 0.559. The Hall–Kier alpha value is -2.53. The van der Waals surface area contributed by atoms with Gasteiger partial charge in [0.05, 0.1) is 24.0 Å². The molecule has 0 bridgehead atoms. The number of Topliss-reactive ketones (excluding diaryl/α,β-unsaturated/α-hetero) is 1. The van der Waals surface area contributed by atoms with E-state index >= 15 is 0 Å². The molecule has 1 aliphatic rings. The van der Waals surface area contributed by atoms with Crippen LogP contribution >= 0.6 is 11.8 Å². The Bertz CT molecular complexity index is 1270. The second kappa shape index (κ2) is 9.76. The summed E-state index contributed by atoms with van der Waals surface area (Å²) in [5.74, 6) is -0.271. The number of halogens is 1. The molecule has 174 valence electrons. The lowest BCUT2D eigenvalue weighted by Crippen LogP contribution is -2.40. The van der Waals surface area contributed by atoms with Crippen molar-refractivity contribution in [2.75, 3.05) is 32.1 Å². The minimum atomic E-state index is -3.60. The molecule has 4 rings (SSSR count). The van der Waals surface area contributed by atoms with E-state index in [1.165, 1.54) is 40.5 Å². The molecule has 1 saturated heterocycles. The molecule has 1 fully saturated rings. The summed E-state index contributed by atoms with van der Waals surface area (Å²) in [6.45, 7) is 5.10. The Morgan fingerprint density at radius 3 is 2.58 bits per heavy atom.